The van der Waals surface area contributed by atoms with Crippen LogP contribution < -0.4 is 20.7 Å². The number of benzene rings is 2. The van der Waals surface area contributed by atoms with Crippen LogP contribution >= 0.6 is 35.3 Å². The van der Waals surface area contributed by atoms with E-state index in [1.165, 1.54) is 34.4 Å². The van der Waals surface area contributed by atoms with Gasteiger partial charge in [0.25, 0.3) is 0 Å². The molecule has 7 nitrogen and oxygen atoms in total. The number of para-hydroxylation sites is 2. The number of methoxy groups -OCH3 is 1. The summed E-state index contributed by atoms with van der Waals surface area (Å²) in [6, 6.07) is 15.2. The number of aryl methyl sites for hydroxylation is 1. The number of thioether (sulfide) groups is 1. The summed E-state index contributed by atoms with van der Waals surface area (Å²) < 4.78 is 10.7. The number of hydrogen-bond acceptors (Lipinski definition) is 7. The molecule has 3 aromatic rings. The Hall–Kier alpha value is -3.08. The second-order valence-corrected chi connectivity index (χ2v) is 11.5. The fourth-order valence-corrected chi connectivity index (χ4v) is 6.71. The summed E-state index contributed by atoms with van der Waals surface area (Å²) in [6.45, 7) is 2.10. The number of nitrogens with one attached hydrogen (secondary N) is 3. The molecule has 2 aromatic carbocycles. The van der Waals surface area contributed by atoms with Crippen molar-refractivity contribution in [3.8, 4) is 5.75 Å². The molecule has 0 aliphatic heterocycles. The number of thiocarbonyl (C=S) groups is 1. The molecular weight excluding hydrogens is 551 g/mol. The second kappa shape index (κ2) is 14.3. The van der Waals surface area contributed by atoms with E-state index < -0.39 is 0 Å². The monoisotopic (exact) mass is 583 g/mol. The van der Waals surface area contributed by atoms with E-state index in [4.69, 9.17) is 21.7 Å². The zero-order valence-corrected chi connectivity index (χ0v) is 24.6. The summed E-state index contributed by atoms with van der Waals surface area (Å²) >= 11 is 8.41. The van der Waals surface area contributed by atoms with Crippen molar-refractivity contribution in [2.75, 3.05) is 35.4 Å². The Morgan fingerprint density at radius 1 is 1.00 bits per heavy atom. The molecule has 1 aromatic heterocycles. The first-order valence-corrected chi connectivity index (χ1v) is 15.2. The van der Waals surface area contributed by atoms with Gasteiger partial charge in [-0.1, -0.05) is 31.0 Å². The lowest BCUT2D eigenvalue weighted by atomic mass is 9.96. The van der Waals surface area contributed by atoms with Crippen molar-refractivity contribution in [2.24, 2.45) is 0 Å². The Labute approximate surface area is 243 Å². The Bertz CT molecular complexity index is 1320. The first-order valence-electron chi connectivity index (χ1n) is 13.0. The molecule has 3 N–H and O–H groups in total. The molecule has 0 atom stereocenters. The van der Waals surface area contributed by atoms with Crippen LogP contribution in [0.25, 0.3) is 0 Å². The molecule has 0 saturated heterocycles. The van der Waals surface area contributed by atoms with Crippen LogP contribution in [0.3, 0.4) is 0 Å². The van der Waals surface area contributed by atoms with Crippen molar-refractivity contribution in [1.29, 1.82) is 0 Å². The van der Waals surface area contributed by atoms with Crippen LogP contribution in [-0.4, -0.2) is 36.5 Å². The predicted molar refractivity (Wildman–Crippen MR) is 165 cm³/mol. The van der Waals surface area contributed by atoms with Gasteiger partial charge in [0.15, 0.2) is 5.11 Å². The number of ether oxygens (including phenoxy) is 2. The second-order valence-electron chi connectivity index (χ2n) is 8.99. The van der Waals surface area contributed by atoms with Gasteiger partial charge in [0, 0.05) is 15.5 Å². The SMILES string of the molecule is CCOC(=O)c1c(NC(=O)CSc2cccc(NC(=S)Nc3ccccc3OC)c2)sc2c1CCCCCC2. The van der Waals surface area contributed by atoms with Gasteiger partial charge in [0.05, 0.1) is 30.7 Å². The van der Waals surface area contributed by atoms with Gasteiger partial charge in [-0.15, -0.1) is 23.1 Å². The third kappa shape index (κ3) is 7.97. The van der Waals surface area contributed by atoms with E-state index in [-0.39, 0.29) is 17.6 Å². The average molecular weight is 584 g/mol. The molecule has 0 saturated carbocycles. The van der Waals surface area contributed by atoms with E-state index in [9.17, 15) is 9.59 Å². The molecule has 39 heavy (non-hydrogen) atoms. The third-order valence-corrected chi connectivity index (χ3v) is 8.63. The van der Waals surface area contributed by atoms with Gasteiger partial charge in [0.2, 0.25) is 5.91 Å². The summed E-state index contributed by atoms with van der Waals surface area (Å²) in [5.74, 6) is 0.389. The highest BCUT2D eigenvalue weighted by atomic mass is 32.2. The van der Waals surface area contributed by atoms with Crippen molar-refractivity contribution in [2.45, 2.75) is 50.3 Å². The first-order chi connectivity index (χ1) is 19.0. The number of carbonyl (C=O) groups excluding carboxylic acids is 2. The maximum absolute atomic E-state index is 13.0. The molecule has 0 bridgehead atoms. The highest BCUT2D eigenvalue weighted by Crippen LogP contribution is 2.38. The Morgan fingerprint density at radius 3 is 2.59 bits per heavy atom. The molecule has 206 valence electrons. The maximum atomic E-state index is 13.0. The standard InChI is InChI=1S/C29H33N3O4S3/c1-3-36-28(34)26-21-13-6-4-5-7-16-24(21)39-27(26)32-25(33)18-38-20-12-10-11-19(17-20)30-29(37)31-22-14-8-9-15-23(22)35-2/h8-12,14-15,17H,3-7,13,16,18H2,1-2H3,(H,32,33)(H2,30,31,37). The highest BCUT2D eigenvalue weighted by molar-refractivity contribution is 8.00. The minimum atomic E-state index is -0.352. The number of rotatable bonds is 9. The molecule has 0 unspecified atom stereocenters. The van der Waals surface area contributed by atoms with Gasteiger partial charge >= 0.3 is 5.97 Å². The molecule has 1 aliphatic carbocycles. The Balaban J connectivity index is 1.38. The minimum absolute atomic E-state index is 0.161. The minimum Gasteiger partial charge on any atom is -0.495 e. The van der Waals surface area contributed by atoms with Crippen LogP contribution in [0.1, 0.15) is 53.4 Å². The topological polar surface area (TPSA) is 88.7 Å². The summed E-state index contributed by atoms with van der Waals surface area (Å²) in [6.07, 6.45) is 6.27. The summed E-state index contributed by atoms with van der Waals surface area (Å²) in [7, 11) is 1.61. The van der Waals surface area contributed by atoms with E-state index >= 15 is 0 Å². The summed E-state index contributed by atoms with van der Waals surface area (Å²) in [4.78, 5) is 27.9. The summed E-state index contributed by atoms with van der Waals surface area (Å²) in [5.41, 5.74) is 3.16. The molecule has 1 amide bonds. The molecule has 0 fully saturated rings. The van der Waals surface area contributed by atoms with Crippen molar-refractivity contribution < 1.29 is 19.1 Å². The van der Waals surface area contributed by atoms with Crippen LogP contribution in [0.4, 0.5) is 16.4 Å². The number of fused-ring (bicyclic) bond motifs is 1. The normalized spacial score (nSPS) is 12.9. The van der Waals surface area contributed by atoms with Gasteiger partial charge in [-0.25, -0.2) is 4.79 Å². The third-order valence-electron chi connectivity index (χ3n) is 6.22. The number of amides is 1. The first kappa shape index (κ1) is 28.9. The number of hydrogen-bond donors (Lipinski definition) is 3. The molecular formula is C29H33N3O4S3. The van der Waals surface area contributed by atoms with Crippen LogP contribution in [0.15, 0.2) is 53.4 Å². The van der Waals surface area contributed by atoms with E-state index in [0.717, 1.165) is 53.9 Å². The van der Waals surface area contributed by atoms with Crippen molar-refractivity contribution >= 4 is 68.7 Å². The predicted octanol–water partition coefficient (Wildman–Crippen LogP) is 7.13. The van der Waals surface area contributed by atoms with Crippen LogP contribution in [0.5, 0.6) is 5.75 Å². The maximum Gasteiger partial charge on any atom is 0.341 e. The van der Waals surface area contributed by atoms with Crippen molar-refractivity contribution in [1.82, 2.24) is 0 Å². The van der Waals surface area contributed by atoms with Gasteiger partial charge in [0.1, 0.15) is 10.8 Å². The molecule has 4 rings (SSSR count). The lowest BCUT2D eigenvalue weighted by Gasteiger charge is -2.14. The fraction of sp³-hybridized carbons (Fsp3) is 0.345. The van der Waals surface area contributed by atoms with Gasteiger partial charge in [-0.2, -0.15) is 0 Å². The molecule has 10 heteroatoms. The number of carbonyl (C=O) groups is 2. The number of esters is 1. The van der Waals surface area contributed by atoms with Crippen LogP contribution in [0.2, 0.25) is 0 Å². The highest BCUT2D eigenvalue weighted by Gasteiger charge is 2.26. The Kier molecular flexibility index (Phi) is 10.6. The quantitative estimate of drug-likeness (QED) is 0.139. The summed E-state index contributed by atoms with van der Waals surface area (Å²) in [5, 5.41) is 10.4. The lowest BCUT2D eigenvalue weighted by Crippen LogP contribution is -2.19. The molecule has 1 heterocycles. The zero-order valence-electron chi connectivity index (χ0n) is 22.1. The Morgan fingerprint density at radius 2 is 1.79 bits per heavy atom. The van der Waals surface area contributed by atoms with Crippen molar-refractivity contribution in [3.63, 3.8) is 0 Å². The number of thiophene rings is 1. The fourth-order valence-electron chi connectivity index (χ4n) is 4.43. The van der Waals surface area contributed by atoms with Gasteiger partial charge in [-0.3, -0.25) is 4.79 Å². The van der Waals surface area contributed by atoms with Crippen LogP contribution in [0, 0.1) is 0 Å². The van der Waals surface area contributed by atoms with E-state index in [1.807, 2.05) is 48.5 Å². The molecule has 0 spiro atoms. The zero-order chi connectivity index (χ0) is 27.6. The lowest BCUT2D eigenvalue weighted by molar-refractivity contribution is -0.113. The van der Waals surface area contributed by atoms with Gasteiger partial charge in [-0.05, 0) is 80.7 Å². The number of anilines is 3. The largest absolute Gasteiger partial charge is 0.495 e. The molecule has 0 radical (unpaired) electrons. The van der Waals surface area contributed by atoms with E-state index in [0.29, 0.717) is 28.0 Å². The van der Waals surface area contributed by atoms with Crippen LogP contribution in [-0.2, 0) is 22.4 Å². The van der Waals surface area contributed by atoms with Gasteiger partial charge < -0.3 is 25.4 Å². The molecule has 1 aliphatic rings. The van der Waals surface area contributed by atoms with E-state index in [2.05, 4.69) is 16.0 Å². The average Bonchev–Trinajstić information content (AvgIpc) is 3.23. The smallest absolute Gasteiger partial charge is 0.341 e. The van der Waals surface area contributed by atoms with E-state index in [1.54, 1.807) is 14.0 Å². The van der Waals surface area contributed by atoms with Crippen molar-refractivity contribution in [3.05, 3.63) is 64.5 Å².